The summed E-state index contributed by atoms with van der Waals surface area (Å²) in [6.45, 7) is 1.95. The molecule has 0 aromatic heterocycles. The predicted molar refractivity (Wildman–Crippen MR) is 98.9 cm³/mol. The topological polar surface area (TPSA) is 57.7 Å². The lowest BCUT2D eigenvalue weighted by molar-refractivity contribution is 0.0993. The molecular formula is C17H19BrN2O3S. The summed E-state index contributed by atoms with van der Waals surface area (Å²) >= 11 is 3.24. The molecule has 0 radical (unpaired) electrons. The summed E-state index contributed by atoms with van der Waals surface area (Å²) in [6.07, 6.45) is 0. The van der Waals surface area contributed by atoms with Gasteiger partial charge in [-0.05, 0) is 58.7 Å². The lowest BCUT2D eigenvalue weighted by Gasteiger charge is -2.19. The molecule has 0 saturated heterocycles. The number of rotatable bonds is 4. The summed E-state index contributed by atoms with van der Waals surface area (Å²) < 4.78 is 26.3. The van der Waals surface area contributed by atoms with E-state index in [-0.39, 0.29) is 10.8 Å². The molecule has 5 nitrogen and oxygen atoms in total. The predicted octanol–water partition coefficient (Wildman–Crippen LogP) is 3.28. The van der Waals surface area contributed by atoms with E-state index in [1.165, 1.54) is 25.1 Å². The van der Waals surface area contributed by atoms with E-state index in [4.69, 9.17) is 0 Å². The summed E-state index contributed by atoms with van der Waals surface area (Å²) in [4.78, 5) is 14.3. The summed E-state index contributed by atoms with van der Waals surface area (Å²) in [7, 11) is 0.928. The van der Waals surface area contributed by atoms with Crippen LogP contribution in [0, 0.1) is 6.92 Å². The first-order chi connectivity index (χ1) is 11.1. The molecule has 0 unspecified atom stereocenters. The van der Waals surface area contributed by atoms with Gasteiger partial charge in [0.05, 0.1) is 4.90 Å². The molecular weight excluding hydrogens is 392 g/mol. The molecule has 0 aliphatic heterocycles. The molecule has 7 heteroatoms. The Balaban J connectivity index is 2.44. The van der Waals surface area contributed by atoms with Gasteiger partial charge in [-0.15, -0.1) is 0 Å². The van der Waals surface area contributed by atoms with Crippen LogP contribution in [0.5, 0.6) is 0 Å². The maximum atomic E-state index is 12.7. The average molecular weight is 411 g/mol. The van der Waals surface area contributed by atoms with Gasteiger partial charge < -0.3 is 4.90 Å². The number of anilines is 1. The monoisotopic (exact) mass is 410 g/mol. The third-order valence-electron chi connectivity index (χ3n) is 3.63. The third-order valence-corrected chi connectivity index (χ3v) is 6.44. The molecule has 0 fully saturated rings. The fourth-order valence-electron chi connectivity index (χ4n) is 2.18. The molecule has 0 heterocycles. The Bertz CT molecular complexity index is 879. The van der Waals surface area contributed by atoms with Gasteiger partial charge in [0, 0.05) is 36.9 Å². The van der Waals surface area contributed by atoms with Crippen molar-refractivity contribution in [3.8, 4) is 0 Å². The molecule has 1 amide bonds. The van der Waals surface area contributed by atoms with E-state index in [0.29, 0.717) is 10.0 Å². The van der Waals surface area contributed by atoms with Crippen molar-refractivity contribution in [2.45, 2.75) is 11.8 Å². The smallest absolute Gasteiger partial charge is 0.258 e. The van der Waals surface area contributed by atoms with Gasteiger partial charge in [0.25, 0.3) is 5.91 Å². The number of sulfonamides is 1. The maximum absolute atomic E-state index is 12.7. The van der Waals surface area contributed by atoms with Gasteiger partial charge in [0.2, 0.25) is 10.0 Å². The minimum absolute atomic E-state index is 0.0657. The highest BCUT2D eigenvalue weighted by molar-refractivity contribution is 9.10. The number of carbonyl (C=O) groups is 1. The highest BCUT2D eigenvalue weighted by Gasteiger charge is 2.23. The van der Waals surface area contributed by atoms with E-state index >= 15 is 0 Å². The van der Waals surface area contributed by atoms with Crippen LogP contribution in [0.15, 0.2) is 51.8 Å². The lowest BCUT2D eigenvalue weighted by Crippen LogP contribution is -2.27. The van der Waals surface area contributed by atoms with Crippen LogP contribution in [0.3, 0.4) is 0 Å². The van der Waals surface area contributed by atoms with Crippen LogP contribution in [0.4, 0.5) is 5.69 Å². The molecule has 24 heavy (non-hydrogen) atoms. The Hall–Kier alpha value is -1.70. The first kappa shape index (κ1) is 18.6. The normalized spacial score (nSPS) is 11.6. The summed E-state index contributed by atoms with van der Waals surface area (Å²) in [5.74, 6) is -0.275. The van der Waals surface area contributed by atoms with Crippen molar-refractivity contribution in [3.63, 3.8) is 0 Å². The molecule has 0 atom stereocenters. The zero-order valence-corrected chi connectivity index (χ0v) is 16.3. The van der Waals surface area contributed by atoms with Gasteiger partial charge in [-0.3, -0.25) is 4.79 Å². The van der Waals surface area contributed by atoms with Gasteiger partial charge in [-0.1, -0.05) is 12.1 Å². The summed E-state index contributed by atoms with van der Waals surface area (Å²) in [5, 5.41) is 0. The van der Waals surface area contributed by atoms with Crippen LogP contribution in [0.25, 0.3) is 0 Å². The van der Waals surface area contributed by atoms with Gasteiger partial charge in [-0.2, -0.15) is 0 Å². The van der Waals surface area contributed by atoms with Gasteiger partial charge in [-0.25, -0.2) is 12.7 Å². The first-order valence-corrected chi connectivity index (χ1v) is 9.44. The Morgan fingerprint density at radius 3 is 2.29 bits per heavy atom. The van der Waals surface area contributed by atoms with E-state index in [9.17, 15) is 13.2 Å². The summed E-state index contributed by atoms with van der Waals surface area (Å²) in [5.41, 5.74) is 2.10. The van der Waals surface area contributed by atoms with Gasteiger partial charge in [0.15, 0.2) is 0 Å². The van der Waals surface area contributed by atoms with Crippen molar-refractivity contribution in [1.82, 2.24) is 4.31 Å². The number of amides is 1. The molecule has 0 N–H and O–H groups in total. The van der Waals surface area contributed by atoms with E-state index in [1.807, 2.05) is 31.2 Å². The Morgan fingerprint density at radius 2 is 1.71 bits per heavy atom. The van der Waals surface area contributed by atoms with Gasteiger partial charge in [0.1, 0.15) is 0 Å². The molecule has 0 bridgehead atoms. The fourth-order valence-corrected chi connectivity index (χ4v) is 4.02. The van der Waals surface area contributed by atoms with Crippen molar-refractivity contribution in [3.05, 3.63) is 58.1 Å². The maximum Gasteiger partial charge on any atom is 0.258 e. The molecule has 0 aliphatic rings. The zero-order chi connectivity index (χ0) is 18.1. The van der Waals surface area contributed by atoms with Crippen molar-refractivity contribution < 1.29 is 13.2 Å². The Kier molecular flexibility index (Phi) is 5.47. The van der Waals surface area contributed by atoms with Crippen molar-refractivity contribution in [2.75, 3.05) is 26.0 Å². The minimum atomic E-state index is -3.64. The van der Waals surface area contributed by atoms with Crippen molar-refractivity contribution >= 4 is 37.5 Å². The van der Waals surface area contributed by atoms with Crippen LogP contribution in [-0.4, -0.2) is 39.8 Å². The average Bonchev–Trinajstić information content (AvgIpc) is 2.53. The quantitative estimate of drug-likeness (QED) is 0.776. The number of hydrogen-bond donors (Lipinski definition) is 0. The lowest BCUT2D eigenvalue weighted by atomic mass is 10.1. The fraction of sp³-hybridized carbons (Fsp3) is 0.235. The van der Waals surface area contributed by atoms with Crippen LogP contribution in [-0.2, 0) is 10.0 Å². The Morgan fingerprint density at radius 1 is 1.04 bits per heavy atom. The minimum Gasteiger partial charge on any atom is -0.311 e. The molecule has 0 saturated carbocycles. The van der Waals surface area contributed by atoms with E-state index < -0.39 is 10.0 Å². The molecule has 2 rings (SSSR count). The molecule has 128 valence electrons. The van der Waals surface area contributed by atoms with Crippen molar-refractivity contribution in [2.24, 2.45) is 0 Å². The van der Waals surface area contributed by atoms with Crippen LogP contribution < -0.4 is 4.90 Å². The van der Waals surface area contributed by atoms with Crippen LogP contribution in [0.1, 0.15) is 15.9 Å². The van der Waals surface area contributed by atoms with Gasteiger partial charge >= 0.3 is 0 Å². The van der Waals surface area contributed by atoms with E-state index in [0.717, 1.165) is 15.6 Å². The highest BCUT2D eigenvalue weighted by Crippen LogP contribution is 2.26. The largest absolute Gasteiger partial charge is 0.311 e. The number of carbonyl (C=O) groups excluding carboxylic acids is 1. The van der Waals surface area contributed by atoms with Crippen molar-refractivity contribution in [1.29, 1.82) is 0 Å². The van der Waals surface area contributed by atoms with E-state index in [1.54, 1.807) is 19.2 Å². The number of nitrogens with zero attached hydrogens (tertiary/aromatic N) is 2. The van der Waals surface area contributed by atoms with Crippen LogP contribution >= 0.6 is 15.9 Å². The Labute approximate surface area is 151 Å². The molecule has 0 spiro atoms. The number of hydrogen-bond acceptors (Lipinski definition) is 3. The van der Waals surface area contributed by atoms with Crippen LogP contribution in [0.2, 0.25) is 0 Å². The second kappa shape index (κ2) is 7.04. The van der Waals surface area contributed by atoms with E-state index in [2.05, 4.69) is 15.9 Å². The first-order valence-electron chi connectivity index (χ1n) is 7.21. The number of aryl methyl sites for hydroxylation is 1. The molecule has 2 aromatic carbocycles. The number of halogens is 1. The highest BCUT2D eigenvalue weighted by atomic mass is 79.9. The zero-order valence-electron chi connectivity index (χ0n) is 13.9. The second-order valence-corrected chi connectivity index (χ2v) is 8.61. The standard InChI is InChI=1S/C17H19BrN2O3S/c1-12-6-5-7-14(10-12)20(4)17(21)13-8-9-15(18)16(11-13)24(22,23)19(2)3/h5-11H,1-4H3. The second-order valence-electron chi connectivity index (χ2n) is 5.64. The third kappa shape index (κ3) is 3.68. The SMILES string of the molecule is Cc1cccc(N(C)C(=O)c2ccc(Br)c(S(=O)(=O)N(C)C)c2)c1. The summed E-state index contributed by atoms with van der Waals surface area (Å²) in [6, 6.07) is 12.1. The number of benzene rings is 2. The molecule has 0 aliphatic carbocycles. The molecule has 2 aromatic rings.